The molecule has 1 aromatic carbocycles. The molecule has 29 heavy (non-hydrogen) atoms. The second-order valence-corrected chi connectivity index (χ2v) is 6.82. The second kappa shape index (κ2) is 9.18. The van der Waals surface area contributed by atoms with Crippen molar-refractivity contribution in [2.24, 2.45) is 0 Å². The van der Waals surface area contributed by atoms with Gasteiger partial charge in [-0.2, -0.15) is 5.10 Å². The van der Waals surface area contributed by atoms with E-state index in [1.54, 1.807) is 4.68 Å². The third kappa shape index (κ3) is 5.10. The maximum atomic E-state index is 11.9. The minimum atomic E-state index is -0.170. The zero-order valence-corrected chi connectivity index (χ0v) is 17.2. The summed E-state index contributed by atoms with van der Waals surface area (Å²) in [4.78, 5) is 11.9. The summed E-state index contributed by atoms with van der Waals surface area (Å²) in [6, 6.07) is 11.3. The summed E-state index contributed by atoms with van der Waals surface area (Å²) < 4.78 is 7.31. The van der Waals surface area contributed by atoms with E-state index in [1.165, 1.54) is 0 Å². The van der Waals surface area contributed by atoms with Crippen LogP contribution in [0.2, 0.25) is 0 Å². The van der Waals surface area contributed by atoms with Gasteiger partial charge in [-0.1, -0.05) is 18.2 Å². The lowest BCUT2D eigenvalue weighted by Gasteiger charge is -2.10. The third-order valence-electron chi connectivity index (χ3n) is 4.73. The smallest absolute Gasteiger partial charge is 0.258 e. The molecule has 0 aliphatic carbocycles. The number of nitrogens with zero attached hydrogens (tertiary/aromatic N) is 4. The molecule has 3 rings (SSSR count). The largest absolute Gasteiger partial charge is 0.484 e. The number of aromatic nitrogens is 4. The first-order chi connectivity index (χ1) is 14.0. The van der Waals surface area contributed by atoms with Crippen molar-refractivity contribution in [1.82, 2.24) is 25.3 Å². The summed E-state index contributed by atoms with van der Waals surface area (Å²) in [5.74, 6) is 1.86. The summed E-state index contributed by atoms with van der Waals surface area (Å²) in [7, 11) is 0. The van der Waals surface area contributed by atoms with Crippen molar-refractivity contribution in [1.29, 1.82) is 0 Å². The van der Waals surface area contributed by atoms with Gasteiger partial charge in [0.2, 0.25) is 0 Å². The van der Waals surface area contributed by atoms with Gasteiger partial charge in [-0.3, -0.25) is 4.79 Å². The van der Waals surface area contributed by atoms with Crippen molar-refractivity contribution in [2.45, 2.75) is 27.7 Å². The number of ether oxygens (including phenoxy) is 1. The number of carbonyl (C=O) groups excluding carboxylic acids is 1. The lowest BCUT2D eigenvalue weighted by Crippen LogP contribution is -2.32. The number of anilines is 1. The van der Waals surface area contributed by atoms with Crippen LogP contribution in [0.4, 0.5) is 5.82 Å². The van der Waals surface area contributed by atoms with Gasteiger partial charge < -0.3 is 15.4 Å². The molecule has 3 aromatic rings. The van der Waals surface area contributed by atoms with Crippen LogP contribution < -0.4 is 15.4 Å². The number of aryl methyl sites for hydroxylation is 2. The summed E-state index contributed by atoms with van der Waals surface area (Å²) in [6.45, 7) is 8.94. The normalized spacial score (nSPS) is 10.6. The number of carbonyl (C=O) groups is 1. The fraction of sp³-hybridized carbons (Fsp3) is 0.333. The summed E-state index contributed by atoms with van der Waals surface area (Å²) in [5, 5.41) is 18.8. The molecule has 0 spiro atoms. The zero-order valence-electron chi connectivity index (χ0n) is 17.2. The fourth-order valence-corrected chi connectivity index (χ4v) is 2.78. The number of rotatable bonds is 8. The van der Waals surface area contributed by atoms with E-state index in [0.29, 0.717) is 30.5 Å². The van der Waals surface area contributed by atoms with Crippen molar-refractivity contribution in [3.05, 3.63) is 58.9 Å². The highest BCUT2D eigenvalue weighted by atomic mass is 16.5. The molecule has 0 saturated heterocycles. The molecule has 2 N–H and O–H groups in total. The molecule has 152 valence electrons. The molecule has 2 heterocycles. The molecule has 8 heteroatoms. The van der Waals surface area contributed by atoms with Crippen molar-refractivity contribution >= 4 is 11.7 Å². The number of hydrogen-bond acceptors (Lipinski definition) is 6. The van der Waals surface area contributed by atoms with Crippen LogP contribution in [0, 0.1) is 27.7 Å². The Morgan fingerprint density at radius 1 is 1.03 bits per heavy atom. The standard InChI is InChI=1S/C21H26N6O2/c1-14-7-5-6-8-18(14)29-13-21(28)23-12-11-22-19-9-10-20(25-24-19)27-17(4)15(2)16(3)26-27/h5-10H,11-13H2,1-4H3,(H,22,24)(H,23,28). The Kier molecular flexibility index (Phi) is 6.43. The maximum Gasteiger partial charge on any atom is 0.258 e. The van der Waals surface area contributed by atoms with E-state index in [2.05, 4.69) is 25.9 Å². The molecule has 0 unspecified atom stereocenters. The predicted molar refractivity (Wildman–Crippen MR) is 112 cm³/mol. The first-order valence-electron chi connectivity index (χ1n) is 9.51. The Hall–Kier alpha value is -3.42. The van der Waals surface area contributed by atoms with E-state index in [9.17, 15) is 4.79 Å². The summed E-state index contributed by atoms with van der Waals surface area (Å²) in [6.07, 6.45) is 0. The highest BCUT2D eigenvalue weighted by Gasteiger charge is 2.10. The molecule has 0 atom stereocenters. The number of nitrogens with one attached hydrogen (secondary N) is 2. The topological polar surface area (TPSA) is 94.0 Å². The number of para-hydroxylation sites is 1. The van der Waals surface area contributed by atoms with Gasteiger partial charge in [-0.15, -0.1) is 10.2 Å². The van der Waals surface area contributed by atoms with Gasteiger partial charge in [0.15, 0.2) is 12.4 Å². The van der Waals surface area contributed by atoms with E-state index >= 15 is 0 Å². The first kappa shape index (κ1) is 20.3. The molecule has 8 nitrogen and oxygen atoms in total. The Labute approximate surface area is 170 Å². The quantitative estimate of drug-likeness (QED) is 0.570. The molecule has 1 amide bonds. The van der Waals surface area contributed by atoms with Crippen LogP contribution in [-0.2, 0) is 4.79 Å². The van der Waals surface area contributed by atoms with E-state index in [4.69, 9.17) is 4.74 Å². The molecule has 0 saturated carbocycles. The molecule has 0 aliphatic rings. The van der Waals surface area contributed by atoms with E-state index in [0.717, 1.165) is 22.5 Å². The molecular weight excluding hydrogens is 368 g/mol. The van der Waals surface area contributed by atoms with Crippen LogP contribution in [0.1, 0.15) is 22.5 Å². The lowest BCUT2D eigenvalue weighted by molar-refractivity contribution is -0.123. The van der Waals surface area contributed by atoms with Crippen LogP contribution in [0.3, 0.4) is 0 Å². The van der Waals surface area contributed by atoms with Gasteiger partial charge in [0, 0.05) is 18.8 Å². The molecule has 0 aliphatic heterocycles. The van der Waals surface area contributed by atoms with E-state index < -0.39 is 0 Å². The number of amides is 1. The fourth-order valence-electron chi connectivity index (χ4n) is 2.78. The molecule has 0 radical (unpaired) electrons. The Bertz CT molecular complexity index is 981. The van der Waals surface area contributed by atoms with Gasteiger partial charge in [-0.05, 0) is 57.0 Å². The zero-order chi connectivity index (χ0) is 20.8. The van der Waals surface area contributed by atoms with Crippen LogP contribution in [0.25, 0.3) is 5.82 Å². The predicted octanol–water partition coefficient (Wildman–Crippen LogP) is 2.50. The third-order valence-corrected chi connectivity index (χ3v) is 4.73. The molecular formula is C21H26N6O2. The van der Waals surface area contributed by atoms with Crippen LogP contribution >= 0.6 is 0 Å². The Morgan fingerprint density at radius 2 is 1.83 bits per heavy atom. The van der Waals surface area contributed by atoms with Gasteiger partial charge in [0.05, 0.1) is 5.69 Å². The maximum absolute atomic E-state index is 11.9. The minimum Gasteiger partial charge on any atom is -0.484 e. The molecule has 0 fully saturated rings. The van der Waals surface area contributed by atoms with E-state index in [1.807, 2.05) is 64.1 Å². The van der Waals surface area contributed by atoms with Crippen LogP contribution in [-0.4, -0.2) is 45.6 Å². The van der Waals surface area contributed by atoms with Crippen molar-refractivity contribution < 1.29 is 9.53 Å². The number of hydrogen-bond donors (Lipinski definition) is 2. The highest BCUT2D eigenvalue weighted by molar-refractivity contribution is 5.77. The molecule has 2 aromatic heterocycles. The van der Waals surface area contributed by atoms with Gasteiger partial charge in [0.1, 0.15) is 11.6 Å². The second-order valence-electron chi connectivity index (χ2n) is 6.82. The lowest BCUT2D eigenvalue weighted by atomic mass is 10.2. The summed E-state index contributed by atoms with van der Waals surface area (Å²) in [5.41, 5.74) is 4.18. The SMILES string of the molecule is Cc1ccccc1OCC(=O)NCCNc1ccc(-n2nc(C)c(C)c2C)nn1. The average Bonchev–Trinajstić information content (AvgIpc) is 2.98. The summed E-state index contributed by atoms with van der Waals surface area (Å²) >= 11 is 0. The van der Waals surface area contributed by atoms with Crippen molar-refractivity contribution in [2.75, 3.05) is 25.0 Å². The van der Waals surface area contributed by atoms with Gasteiger partial charge in [0.25, 0.3) is 5.91 Å². The van der Waals surface area contributed by atoms with Crippen LogP contribution in [0.15, 0.2) is 36.4 Å². The first-order valence-corrected chi connectivity index (χ1v) is 9.51. The van der Waals surface area contributed by atoms with Gasteiger partial charge >= 0.3 is 0 Å². The van der Waals surface area contributed by atoms with Crippen molar-refractivity contribution in [3.8, 4) is 11.6 Å². The highest BCUT2D eigenvalue weighted by Crippen LogP contribution is 2.16. The Morgan fingerprint density at radius 3 is 2.48 bits per heavy atom. The van der Waals surface area contributed by atoms with Crippen molar-refractivity contribution in [3.63, 3.8) is 0 Å². The Balaban J connectivity index is 1.42. The minimum absolute atomic E-state index is 0.0125. The van der Waals surface area contributed by atoms with E-state index in [-0.39, 0.29) is 12.5 Å². The van der Waals surface area contributed by atoms with Gasteiger partial charge in [-0.25, -0.2) is 4.68 Å². The monoisotopic (exact) mass is 394 g/mol. The van der Waals surface area contributed by atoms with Crippen LogP contribution in [0.5, 0.6) is 5.75 Å². The number of benzene rings is 1. The molecule has 0 bridgehead atoms. The average molecular weight is 394 g/mol.